The molecule has 146 valence electrons. The first-order valence-electron chi connectivity index (χ1n) is 9.60. The molecule has 29 heavy (non-hydrogen) atoms. The van der Waals surface area contributed by atoms with E-state index in [1.54, 1.807) is 12.4 Å². The number of fused-ring (bicyclic) bond motifs is 2. The third-order valence-electron chi connectivity index (χ3n) is 5.15. The molecule has 1 aromatic heterocycles. The number of aromatic nitrogens is 1. The highest BCUT2D eigenvalue weighted by atomic mass is 16.7. The largest absolute Gasteiger partial charge is 0.487 e. The average Bonchev–Trinajstić information content (AvgIpc) is 3.38. The summed E-state index contributed by atoms with van der Waals surface area (Å²) >= 11 is 0. The van der Waals surface area contributed by atoms with Crippen LogP contribution in [0.4, 0.5) is 0 Å². The first-order valence-corrected chi connectivity index (χ1v) is 9.60. The summed E-state index contributed by atoms with van der Waals surface area (Å²) in [5.41, 5.74) is 4.18. The van der Waals surface area contributed by atoms with Crippen molar-refractivity contribution in [1.82, 2.24) is 10.3 Å². The fourth-order valence-electron chi connectivity index (χ4n) is 3.74. The molecule has 0 radical (unpaired) electrons. The van der Waals surface area contributed by atoms with Gasteiger partial charge in [-0.15, -0.1) is 0 Å². The first kappa shape index (κ1) is 17.6. The lowest BCUT2D eigenvalue weighted by atomic mass is 10.0. The quantitative estimate of drug-likeness (QED) is 0.727. The van der Waals surface area contributed by atoms with Gasteiger partial charge in [0.05, 0.1) is 13.0 Å². The number of nitrogens with one attached hydrogen (secondary N) is 1. The predicted molar refractivity (Wildman–Crippen MR) is 107 cm³/mol. The Kier molecular flexibility index (Phi) is 4.52. The fraction of sp³-hybridized carbons (Fsp3) is 0.217. The van der Waals surface area contributed by atoms with Crippen LogP contribution in [0.5, 0.6) is 17.2 Å². The number of ether oxygens (including phenoxy) is 3. The molecule has 1 N–H and O–H groups in total. The Hall–Kier alpha value is -3.54. The van der Waals surface area contributed by atoms with Crippen molar-refractivity contribution in [3.8, 4) is 28.4 Å². The number of pyridine rings is 1. The first-order chi connectivity index (χ1) is 14.3. The Balaban J connectivity index is 1.20. The van der Waals surface area contributed by atoms with E-state index < -0.39 is 0 Å². The molecule has 1 atom stereocenters. The minimum Gasteiger partial charge on any atom is -0.487 e. The molecule has 3 heterocycles. The number of hydrogen-bond donors (Lipinski definition) is 1. The lowest BCUT2D eigenvalue weighted by Crippen LogP contribution is -2.35. The zero-order chi connectivity index (χ0) is 19.6. The van der Waals surface area contributed by atoms with E-state index in [1.807, 2.05) is 36.4 Å². The lowest BCUT2D eigenvalue weighted by Gasteiger charge is -2.14. The second-order valence-corrected chi connectivity index (χ2v) is 7.14. The van der Waals surface area contributed by atoms with Crippen LogP contribution in [0.25, 0.3) is 11.1 Å². The number of carbonyl (C=O) groups is 1. The Morgan fingerprint density at radius 3 is 2.83 bits per heavy atom. The molecule has 2 aliphatic rings. The molecule has 6 heteroatoms. The van der Waals surface area contributed by atoms with Gasteiger partial charge in [0.15, 0.2) is 11.5 Å². The number of benzene rings is 2. The maximum atomic E-state index is 12.4. The van der Waals surface area contributed by atoms with E-state index in [0.717, 1.165) is 40.2 Å². The molecule has 0 aliphatic carbocycles. The van der Waals surface area contributed by atoms with Gasteiger partial charge in [0.25, 0.3) is 0 Å². The third kappa shape index (κ3) is 3.61. The molecule has 0 spiro atoms. The number of amides is 1. The summed E-state index contributed by atoms with van der Waals surface area (Å²) < 4.78 is 16.9. The lowest BCUT2D eigenvalue weighted by molar-refractivity contribution is -0.120. The Labute approximate surface area is 168 Å². The average molecular weight is 388 g/mol. The topological polar surface area (TPSA) is 69.7 Å². The summed E-state index contributed by atoms with van der Waals surface area (Å²) in [5.74, 6) is 2.26. The van der Waals surface area contributed by atoms with Gasteiger partial charge in [0.1, 0.15) is 11.9 Å². The van der Waals surface area contributed by atoms with Crippen molar-refractivity contribution < 1.29 is 19.0 Å². The maximum Gasteiger partial charge on any atom is 0.231 e. The second kappa shape index (κ2) is 7.47. The van der Waals surface area contributed by atoms with Crippen molar-refractivity contribution in [3.63, 3.8) is 0 Å². The van der Waals surface area contributed by atoms with Gasteiger partial charge in [0.2, 0.25) is 12.7 Å². The number of carbonyl (C=O) groups excluding carboxylic acids is 1. The van der Waals surface area contributed by atoms with Gasteiger partial charge in [-0.05, 0) is 41.0 Å². The monoisotopic (exact) mass is 388 g/mol. The number of hydrogen-bond acceptors (Lipinski definition) is 5. The molecule has 0 unspecified atom stereocenters. The van der Waals surface area contributed by atoms with Gasteiger partial charge in [-0.1, -0.05) is 24.3 Å². The van der Waals surface area contributed by atoms with Crippen molar-refractivity contribution in [2.45, 2.75) is 18.9 Å². The number of rotatable bonds is 5. The van der Waals surface area contributed by atoms with Crippen molar-refractivity contribution in [3.05, 3.63) is 72.1 Å². The summed E-state index contributed by atoms with van der Waals surface area (Å²) in [4.78, 5) is 16.5. The summed E-state index contributed by atoms with van der Waals surface area (Å²) in [5, 5.41) is 2.99. The van der Waals surface area contributed by atoms with Crippen LogP contribution in [0.3, 0.4) is 0 Å². The van der Waals surface area contributed by atoms with E-state index in [0.29, 0.717) is 18.7 Å². The van der Waals surface area contributed by atoms with E-state index in [9.17, 15) is 4.79 Å². The standard InChI is InChI=1S/C23H20N2O4/c26-22(11-15-4-5-20-21(10-15)28-14-27-20)25-13-18-12-17-2-1-3-19(23(17)29-18)16-6-8-24-9-7-16/h1-10,18H,11-14H2,(H,25,26)/t18-/m0/s1. The van der Waals surface area contributed by atoms with E-state index in [4.69, 9.17) is 14.2 Å². The third-order valence-corrected chi connectivity index (χ3v) is 5.15. The van der Waals surface area contributed by atoms with Crippen LogP contribution in [0.1, 0.15) is 11.1 Å². The summed E-state index contributed by atoms with van der Waals surface area (Å²) in [6.45, 7) is 0.694. The normalized spacial score (nSPS) is 16.2. The Morgan fingerprint density at radius 2 is 1.93 bits per heavy atom. The maximum absolute atomic E-state index is 12.4. The molecule has 0 saturated heterocycles. The summed E-state index contributed by atoms with van der Waals surface area (Å²) in [6.07, 6.45) is 4.54. The molecule has 3 aromatic rings. The van der Waals surface area contributed by atoms with E-state index >= 15 is 0 Å². The molecule has 2 aromatic carbocycles. The van der Waals surface area contributed by atoms with Crippen molar-refractivity contribution in [2.24, 2.45) is 0 Å². The van der Waals surface area contributed by atoms with Crippen LogP contribution in [-0.4, -0.2) is 30.3 Å². The molecular weight excluding hydrogens is 368 g/mol. The molecule has 0 saturated carbocycles. The molecule has 5 rings (SSSR count). The molecule has 0 fully saturated rings. The van der Waals surface area contributed by atoms with Gasteiger partial charge in [-0.25, -0.2) is 0 Å². The second-order valence-electron chi connectivity index (χ2n) is 7.14. The van der Waals surface area contributed by atoms with Gasteiger partial charge < -0.3 is 19.5 Å². The highest BCUT2D eigenvalue weighted by Crippen LogP contribution is 2.38. The van der Waals surface area contributed by atoms with Crippen LogP contribution < -0.4 is 19.5 Å². The van der Waals surface area contributed by atoms with Crippen molar-refractivity contribution in [2.75, 3.05) is 13.3 Å². The fourth-order valence-corrected chi connectivity index (χ4v) is 3.74. The van der Waals surface area contributed by atoms with Gasteiger partial charge in [0, 0.05) is 24.4 Å². The zero-order valence-corrected chi connectivity index (χ0v) is 15.8. The molecular formula is C23H20N2O4. The summed E-state index contributed by atoms with van der Waals surface area (Å²) in [7, 11) is 0. The van der Waals surface area contributed by atoms with Crippen LogP contribution >= 0.6 is 0 Å². The van der Waals surface area contributed by atoms with Crippen LogP contribution in [0.15, 0.2) is 60.9 Å². The molecule has 0 bridgehead atoms. The zero-order valence-electron chi connectivity index (χ0n) is 15.8. The predicted octanol–water partition coefficient (Wildman–Crippen LogP) is 3.14. The minimum absolute atomic E-state index is 0.0437. The number of nitrogens with zero attached hydrogens (tertiary/aromatic N) is 1. The van der Waals surface area contributed by atoms with E-state index in [1.165, 1.54) is 0 Å². The molecule has 6 nitrogen and oxygen atoms in total. The van der Waals surface area contributed by atoms with Gasteiger partial charge in [-0.2, -0.15) is 0 Å². The van der Waals surface area contributed by atoms with Gasteiger partial charge in [-0.3, -0.25) is 9.78 Å². The highest BCUT2D eigenvalue weighted by molar-refractivity contribution is 5.79. The SMILES string of the molecule is O=C(Cc1ccc2c(c1)OCO2)NC[C@@H]1Cc2cccc(-c3ccncc3)c2O1. The van der Waals surface area contributed by atoms with Crippen molar-refractivity contribution >= 4 is 5.91 Å². The Morgan fingerprint density at radius 1 is 1.07 bits per heavy atom. The number of para-hydroxylation sites is 1. The van der Waals surface area contributed by atoms with Crippen LogP contribution in [-0.2, 0) is 17.6 Å². The Bertz CT molecular complexity index is 1050. The molecule has 2 aliphatic heterocycles. The van der Waals surface area contributed by atoms with Crippen LogP contribution in [0.2, 0.25) is 0 Å². The van der Waals surface area contributed by atoms with Gasteiger partial charge >= 0.3 is 0 Å². The van der Waals surface area contributed by atoms with E-state index in [-0.39, 0.29) is 18.8 Å². The smallest absolute Gasteiger partial charge is 0.231 e. The van der Waals surface area contributed by atoms with Crippen LogP contribution in [0, 0.1) is 0 Å². The minimum atomic E-state index is -0.0753. The molecule has 1 amide bonds. The van der Waals surface area contributed by atoms with E-state index in [2.05, 4.69) is 22.4 Å². The van der Waals surface area contributed by atoms with Crippen molar-refractivity contribution in [1.29, 1.82) is 0 Å². The summed E-state index contributed by atoms with van der Waals surface area (Å²) in [6, 6.07) is 15.7. The highest BCUT2D eigenvalue weighted by Gasteiger charge is 2.26.